The van der Waals surface area contributed by atoms with E-state index in [1.165, 1.54) is 14.3 Å². The van der Waals surface area contributed by atoms with Crippen molar-refractivity contribution in [3.8, 4) is 0 Å². The maximum absolute atomic E-state index is 5.50. The van der Waals surface area contributed by atoms with E-state index in [9.17, 15) is 0 Å². The molecule has 0 unspecified atom stereocenters. The van der Waals surface area contributed by atoms with Gasteiger partial charge < -0.3 is 9.51 Å². The Morgan fingerprint density at radius 2 is 1.28 bits per heavy atom. The molecule has 3 aromatic heterocycles. The summed E-state index contributed by atoms with van der Waals surface area (Å²) >= 11 is 0. The van der Waals surface area contributed by atoms with E-state index >= 15 is 0 Å². The van der Waals surface area contributed by atoms with Crippen molar-refractivity contribution in [3.63, 3.8) is 0 Å². The minimum atomic E-state index is -0.806. The van der Waals surface area contributed by atoms with Crippen molar-refractivity contribution in [1.82, 2.24) is 29.6 Å². The molecular weight excluding hydrogens is 235 g/mol. The first-order chi connectivity index (χ1) is 8.92. The Labute approximate surface area is 102 Å². The van der Waals surface area contributed by atoms with Crippen molar-refractivity contribution in [3.05, 3.63) is 55.4 Å². The molecule has 0 radical (unpaired) electrons. The van der Waals surface area contributed by atoms with Crippen LogP contribution in [0.15, 0.2) is 55.4 Å². The number of hydrogen-bond donors (Lipinski definition) is 0. The largest absolute Gasteiger partial charge is 0.803 e. The first kappa shape index (κ1) is 10.4. The molecule has 3 aromatic rings. The van der Waals surface area contributed by atoms with Crippen LogP contribution in [-0.2, 0) is 0 Å². The number of hydrogen-bond acceptors (Lipinski definition) is 5. The Morgan fingerprint density at radius 1 is 0.722 bits per heavy atom. The van der Waals surface area contributed by atoms with Crippen LogP contribution in [0.1, 0.15) is 0 Å². The van der Waals surface area contributed by atoms with Gasteiger partial charge in [0.15, 0.2) is 0 Å². The molecule has 0 N–H and O–H groups in total. The second-order valence-electron chi connectivity index (χ2n) is 3.32. The topological polar surface area (TPSA) is 71.9 Å². The molecule has 0 amide bonds. The standard InChI is InChI=1S/C9H9BN6O2/c1-4-11-14(7-1)10(17-15-8-2-5-12-15)18-16-9-3-6-13-16/h1-9H. The summed E-state index contributed by atoms with van der Waals surface area (Å²) in [4.78, 5) is 2.58. The molecule has 0 saturated heterocycles. The summed E-state index contributed by atoms with van der Waals surface area (Å²) in [6.07, 6.45) is 9.87. The zero-order valence-electron chi connectivity index (χ0n) is 9.27. The summed E-state index contributed by atoms with van der Waals surface area (Å²) in [6.45, 7) is 0. The number of rotatable bonds is 5. The van der Waals surface area contributed by atoms with Crippen LogP contribution in [0.4, 0.5) is 0 Å². The molecule has 0 aliphatic heterocycles. The molecule has 18 heavy (non-hydrogen) atoms. The molecule has 90 valence electrons. The van der Waals surface area contributed by atoms with E-state index in [1.54, 1.807) is 55.4 Å². The number of aromatic nitrogens is 6. The molecule has 9 heteroatoms. The Bertz CT molecular complexity index is 528. The third-order valence-electron chi connectivity index (χ3n) is 2.10. The third kappa shape index (κ3) is 2.19. The van der Waals surface area contributed by atoms with Crippen molar-refractivity contribution in [2.75, 3.05) is 0 Å². The van der Waals surface area contributed by atoms with E-state index in [1.807, 2.05) is 0 Å². The molecule has 0 aliphatic rings. The summed E-state index contributed by atoms with van der Waals surface area (Å²) in [5.74, 6) is 0. The average Bonchev–Trinajstić information content (AvgIpc) is 3.13. The van der Waals surface area contributed by atoms with Crippen molar-refractivity contribution >= 4 is 7.25 Å². The molecule has 0 atom stereocenters. The van der Waals surface area contributed by atoms with Crippen LogP contribution in [0.3, 0.4) is 0 Å². The average molecular weight is 244 g/mol. The lowest BCUT2D eigenvalue weighted by Crippen LogP contribution is -2.47. The van der Waals surface area contributed by atoms with Gasteiger partial charge in [0, 0.05) is 12.4 Å². The molecule has 0 bridgehead atoms. The molecule has 3 heterocycles. The van der Waals surface area contributed by atoms with Gasteiger partial charge >= 0.3 is 7.25 Å². The minimum Gasteiger partial charge on any atom is -0.398 e. The Balaban J connectivity index is 1.80. The molecule has 0 fully saturated rings. The van der Waals surface area contributed by atoms with Crippen LogP contribution in [-0.4, -0.2) is 36.8 Å². The highest BCUT2D eigenvalue weighted by Crippen LogP contribution is 1.91. The van der Waals surface area contributed by atoms with Gasteiger partial charge in [-0.2, -0.15) is 5.10 Å². The molecule has 3 rings (SSSR count). The van der Waals surface area contributed by atoms with Gasteiger partial charge in [0.25, 0.3) is 0 Å². The zero-order valence-corrected chi connectivity index (χ0v) is 9.27. The van der Waals surface area contributed by atoms with Gasteiger partial charge in [0.1, 0.15) is 0 Å². The maximum Gasteiger partial charge on any atom is 0.803 e. The van der Waals surface area contributed by atoms with Crippen LogP contribution in [0, 0.1) is 0 Å². The Kier molecular flexibility index (Phi) is 2.70. The van der Waals surface area contributed by atoms with Crippen LogP contribution >= 0.6 is 0 Å². The van der Waals surface area contributed by atoms with Crippen molar-refractivity contribution in [2.24, 2.45) is 0 Å². The third-order valence-corrected chi connectivity index (χ3v) is 2.10. The summed E-state index contributed by atoms with van der Waals surface area (Å²) < 4.78 is 12.5. The van der Waals surface area contributed by atoms with E-state index in [0.717, 1.165) is 0 Å². The van der Waals surface area contributed by atoms with Gasteiger partial charge in [-0.05, 0) is 18.2 Å². The summed E-state index contributed by atoms with van der Waals surface area (Å²) in [5, 5.41) is 11.9. The monoisotopic (exact) mass is 244 g/mol. The molecular formula is C9H9BN6O2. The fraction of sp³-hybridized carbons (Fsp3) is 0. The van der Waals surface area contributed by atoms with Crippen LogP contribution in [0.25, 0.3) is 0 Å². The Morgan fingerprint density at radius 3 is 1.72 bits per heavy atom. The van der Waals surface area contributed by atoms with Gasteiger partial charge in [-0.25, -0.2) is 4.59 Å². The van der Waals surface area contributed by atoms with E-state index in [4.69, 9.17) is 9.51 Å². The van der Waals surface area contributed by atoms with Crippen molar-refractivity contribution < 1.29 is 9.51 Å². The molecule has 0 saturated carbocycles. The van der Waals surface area contributed by atoms with Gasteiger partial charge in [0.05, 0.1) is 24.8 Å². The van der Waals surface area contributed by atoms with Crippen LogP contribution in [0.2, 0.25) is 0 Å². The lowest BCUT2D eigenvalue weighted by atomic mass is 10.1. The molecule has 0 aliphatic carbocycles. The number of nitrogens with zero attached hydrogens (tertiary/aromatic N) is 6. The molecule has 0 aromatic carbocycles. The molecule has 0 spiro atoms. The van der Waals surface area contributed by atoms with E-state index in [0.29, 0.717) is 0 Å². The second kappa shape index (κ2) is 4.66. The second-order valence-corrected chi connectivity index (χ2v) is 3.32. The molecule has 8 nitrogen and oxygen atoms in total. The minimum absolute atomic E-state index is 0.806. The van der Waals surface area contributed by atoms with Gasteiger partial charge in [0.2, 0.25) is 0 Å². The van der Waals surface area contributed by atoms with Crippen LogP contribution in [0.5, 0.6) is 0 Å². The highest BCUT2D eigenvalue weighted by Gasteiger charge is 2.30. The lowest BCUT2D eigenvalue weighted by molar-refractivity contribution is 0.121. The van der Waals surface area contributed by atoms with E-state index < -0.39 is 7.25 Å². The van der Waals surface area contributed by atoms with E-state index in [2.05, 4.69) is 15.3 Å². The smallest absolute Gasteiger partial charge is 0.398 e. The summed E-state index contributed by atoms with van der Waals surface area (Å²) in [7, 11) is -0.806. The van der Waals surface area contributed by atoms with Gasteiger partial charge in [-0.3, -0.25) is 0 Å². The van der Waals surface area contributed by atoms with Crippen molar-refractivity contribution in [1.29, 1.82) is 0 Å². The van der Waals surface area contributed by atoms with Gasteiger partial charge in [-0.15, -0.1) is 19.9 Å². The van der Waals surface area contributed by atoms with Gasteiger partial charge in [-0.1, -0.05) is 0 Å². The normalized spacial score (nSPS) is 10.2. The summed E-state index contributed by atoms with van der Waals surface area (Å²) in [5.41, 5.74) is 0. The fourth-order valence-electron chi connectivity index (χ4n) is 1.34. The fourth-order valence-corrected chi connectivity index (χ4v) is 1.34. The SMILES string of the molecule is c1cnn(OB(On2cccn2)n2cccn2)c1. The predicted molar refractivity (Wildman–Crippen MR) is 61.0 cm³/mol. The van der Waals surface area contributed by atoms with E-state index in [-0.39, 0.29) is 0 Å². The first-order valence-corrected chi connectivity index (χ1v) is 5.24. The lowest BCUT2D eigenvalue weighted by Gasteiger charge is -2.13. The highest BCUT2D eigenvalue weighted by molar-refractivity contribution is 6.42. The zero-order chi connectivity index (χ0) is 12.2. The maximum atomic E-state index is 5.50. The predicted octanol–water partition coefficient (Wildman–Crippen LogP) is -0.633. The first-order valence-electron chi connectivity index (χ1n) is 5.24. The van der Waals surface area contributed by atoms with Crippen molar-refractivity contribution in [2.45, 2.75) is 0 Å². The highest BCUT2D eigenvalue weighted by atomic mass is 16.8. The van der Waals surface area contributed by atoms with Crippen LogP contribution < -0.4 is 9.51 Å². The quantitative estimate of drug-likeness (QED) is 0.558. The Hall–Kier alpha value is -2.71. The summed E-state index contributed by atoms with van der Waals surface area (Å²) in [6, 6.07) is 5.26.